The second-order valence-electron chi connectivity index (χ2n) is 6.89. The Labute approximate surface area is 160 Å². The lowest BCUT2D eigenvalue weighted by Gasteiger charge is -2.34. The maximum absolute atomic E-state index is 13.1. The Hall–Kier alpha value is -3.42. The maximum atomic E-state index is 13.1. The summed E-state index contributed by atoms with van der Waals surface area (Å²) < 4.78 is 6.57. The van der Waals surface area contributed by atoms with E-state index in [9.17, 15) is 14.4 Å². The minimum absolute atomic E-state index is 0.198. The number of carbonyl (C=O) groups excluding carboxylic acids is 2. The van der Waals surface area contributed by atoms with Gasteiger partial charge in [0.05, 0.1) is 16.8 Å². The van der Waals surface area contributed by atoms with E-state index in [1.54, 1.807) is 29.8 Å². The van der Waals surface area contributed by atoms with Crippen LogP contribution in [0.3, 0.4) is 0 Å². The van der Waals surface area contributed by atoms with Crippen molar-refractivity contribution in [3.63, 3.8) is 0 Å². The number of rotatable bonds is 2. The summed E-state index contributed by atoms with van der Waals surface area (Å²) in [4.78, 5) is 41.1. The summed E-state index contributed by atoms with van der Waals surface area (Å²) in [5, 5.41) is 4.48. The molecule has 1 saturated heterocycles. The van der Waals surface area contributed by atoms with Crippen molar-refractivity contribution in [2.45, 2.75) is 6.92 Å². The van der Waals surface area contributed by atoms with Gasteiger partial charge in [0.15, 0.2) is 0 Å². The van der Waals surface area contributed by atoms with Crippen LogP contribution in [0.2, 0.25) is 0 Å². The van der Waals surface area contributed by atoms with Crippen LogP contribution in [0.4, 0.5) is 0 Å². The number of hydrogen-bond acceptors (Lipinski definition) is 5. The first kappa shape index (κ1) is 18.0. The highest BCUT2D eigenvalue weighted by molar-refractivity contribution is 6.06. The molecule has 0 atom stereocenters. The van der Waals surface area contributed by atoms with Gasteiger partial charge in [-0.2, -0.15) is 0 Å². The maximum Gasteiger partial charge on any atom is 0.292 e. The van der Waals surface area contributed by atoms with Crippen LogP contribution in [0.5, 0.6) is 0 Å². The van der Waals surface area contributed by atoms with Gasteiger partial charge in [-0.15, -0.1) is 0 Å². The Morgan fingerprint density at radius 3 is 2.29 bits per heavy atom. The fraction of sp³-hybridized carbons (Fsp3) is 0.300. The molecule has 8 heteroatoms. The summed E-state index contributed by atoms with van der Waals surface area (Å²) in [5.74, 6) is -0.224. The second kappa shape index (κ2) is 6.95. The lowest BCUT2D eigenvalue weighted by molar-refractivity contribution is 0.0513. The zero-order chi connectivity index (χ0) is 19.8. The predicted molar refractivity (Wildman–Crippen MR) is 102 cm³/mol. The van der Waals surface area contributed by atoms with E-state index in [1.165, 1.54) is 10.6 Å². The number of pyridine rings is 1. The number of amides is 2. The largest absolute Gasteiger partial charge is 0.351 e. The number of hydrogen-bond donors (Lipinski definition) is 0. The average molecular weight is 380 g/mol. The molecule has 2 aromatic heterocycles. The van der Waals surface area contributed by atoms with Gasteiger partial charge >= 0.3 is 0 Å². The molecule has 0 radical (unpaired) electrons. The quantitative estimate of drug-likeness (QED) is 0.671. The van der Waals surface area contributed by atoms with E-state index in [0.717, 1.165) is 5.39 Å². The molecule has 1 aromatic carbocycles. The Morgan fingerprint density at radius 1 is 1.00 bits per heavy atom. The van der Waals surface area contributed by atoms with Crippen molar-refractivity contribution in [2.75, 3.05) is 26.2 Å². The Kier molecular flexibility index (Phi) is 4.46. The molecule has 0 unspecified atom stereocenters. The molecule has 0 aliphatic carbocycles. The number of benzene rings is 1. The van der Waals surface area contributed by atoms with E-state index in [1.807, 2.05) is 24.3 Å². The van der Waals surface area contributed by atoms with Crippen molar-refractivity contribution < 1.29 is 14.1 Å². The topological polar surface area (TPSA) is 88.7 Å². The minimum Gasteiger partial charge on any atom is -0.351 e. The number of aromatic nitrogens is 2. The molecular weight excluding hydrogens is 360 g/mol. The molecule has 0 N–H and O–H groups in total. The molecular formula is C20H20N4O4. The lowest BCUT2D eigenvalue weighted by Crippen LogP contribution is -2.50. The summed E-state index contributed by atoms with van der Waals surface area (Å²) in [7, 11) is 1.69. The molecule has 1 aliphatic heterocycles. The molecule has 4 rings (SSSR count). The number of carbonyl (C=O) groups is 2. The minimum atomic E-state index is -0.230. The number of nitrogens with zero attached hydrogens (tertiary/aromatic N) is 4. The molecule has 3 aromatic rings. The second-order valence-corrected chi connectivity index (χ2v) is 6.89. The van der Waals surface area contributed by atoms with Crippen molar-refractivity contribution >= 4 is 22.7 Å². The van der Waals surface area contributed by atoms with Crippen molar-refractivity contribution in [3.8, 4) is 0 Å². The molecule has 1 aliphatic rings. The van der Waals surface area contributed by atoms with Gasteiger partial charge in [0.25, 0.3) is 17.4 Å². The van der Waals surface area contributed by atoms with Gasteiger partial charge in [-0.3, -0.25) is 14.4 Å². The Morgan fingerprint density at radius 2 is 1.64 bits per heavy atom. The van der Waals surface area contributed by atoms with Crippen LogP contribution in [0, 0.1) is 6.92 Å². The first-order valence-electron chi connectivity index (χ1n) is 9.06. The summed E-state index contributed by atoms with van der Waals surface area (Å²) in [6.45, 7) is 3.33. The van der Waals surface area contributed by atoms with Gasteiger partial charge in [-0.05, 0) is 13.0 Å². The van der Waals surface area contributed by atoms with Crippen LogP contribution in [0.15, 0.2) is 45.7 Å². The highest BCUT2D eigenvalue weighted by atomic mass is 16.5. The smallest absolute Gasteiger partial charge is 0.292 e. The average Bonchev–Trinajstić information content (AvgIpc) is 3.16. The van der Waals surface area contributed by atoms with Crippen LogP contribution >= 0.6 is 0 Å². The van der Waals surface area contributed by atoms with Gasteiger partial charge in [0.2, 0.25) is 5.76 Å². The molecule has 1 fully saturated rings. The van der Waals surface area contributed by atoms with Crippen molar-refractivity contribution in [3.05, 3.63) is 63.8 Å². The Bertz CT molecular complexity index is 1120. The molecule has 28 heavy (non-hydrogen) atoms. The highest BCUT2D eigenvalue weighted by Crippen LogP contribution is 2.19. The van der Waals surface area contributed by atoms with E-state index < -0.39 is 0 Å². The lowest BCUT2D eigenvalue weighted by atomic mass is 10.1. The highest BCUT2D eigenvalue weighted by Gasteiger charge is 2.28. The van der Waals surface area contributed by atoms with E-state index in [4.69, 9.17) is 4.52 Å². The van der Waals surface area contributed by atoms with Crippen LogP contribution in [0.25, 0.3) is 10.9 Å². The summed E-state index contributed by atoms with van der Waals surface area (Å²) >= 11 is 0. The van der Waals surface area contributed by atoms with E-state index in [2.05, 4.69) is 5.16 Å². The first-order valence-corrected chi connectivity index (χ1v) is 9.06. The molecule has 144 valence electrons. The predicted octanol–water partition coefficient (Wildman–Crippen LogP) is 1.43. The third-order valence-corrected chi connectivity index (χ3v) is 5.08. The first-order chi connectivity index (χ1) is 13.5. The SMILES string of the molecule is Cc1cc(C(=O)N2CCN(C(=O)c3cc(=O)n(C)c4ccccc34)CC2)on1. The number of aryl methyl sites for hydroxylation is 2. The van der Waals surface area contributed by atoms with Crippen molar-refractivity contribution in [1.82, 2.24) is 19.5 Å². The standard InChI is InChI=1S/C20H20N4O4/c1-13-11-17(28-21-13)20(27)24-9-7-23(8-10-24)19(26)15-12-18(25)22(2)16-6-4-3-5-14(15)16/h3-6,11-12H,7-10H2,1-2H3. The van der Waals surface area contributed by atoms with Crippen molar-refractivity contribution in [1.29, 1.82) is 0 Å². The molecule has 3 heterocycles. The zero-order valence-corrected chi connectivity index (χ0v) is 15.7. The van der Waals surface area contributed by atoms with Gasteiger partial charge in [0, 0.05) is 50.7 Å². The van der Waals surface area contributed by atoms with E-state index in [0.29, 0.717) is 43.0 Å². The van der Waals surface area contributed by atoms with Crippen LogP contribution in [-0.4, -0.2) is 57.5 Å². The third kappa shape index (κ3) is 3.06. The van der Waals surface area contributed by atoms with Gasteiger partial charge in [-0.1, -0.05) is 23.4 Å². The van der Waals surface area contributed by atoms with Crippen LogP contribution in [-0.2, 0) is 7.05 Å². The summed E-state index contributed by atoms with van der Waals surface area (Å²) in [6, 6.07) is 10.3. The molecule has 8 nitrogen and oxygen atoms in total. The van der Waals surface area contributed by atoms with Gasteiger partial charge < -0.3 is 18.9 Å². The monoisotopic (exact) mass is 380 g/mol. The van der Waals surface area contributed by atoms with Crippen molar-refractivity contribution in [2.24, 2.45) is 7.05 Å². The number of piperazine rings is 1. The zero-order valence-electron chi connectivity index (χ0n) is 15.7. The molecule has 0 spiro atoms. The molecule has 0 bridgehead atoms. The van der Waals surface area contributed by atoms with E-state index in [-0.39, 0.29) is 23.1 Å². The third-order valence-electron chi connectivity index (χ3n) is 5.08. The summed E-state index contributed by atoms with van der Waals surface area (Å²) in [6.07, 6.45) is 0. The number of para-hydroxylation sites is 1. The van der Waals surface area contributed by atoms with Gasteiger partial charge in [0.1, 0.15) is 0 Å². The summed E-state index contributed by atoms with van der Waals surface area (Å²) in [5.41, 5.74) is 1.53. The normalized spacial score (nSPS) is 14.5. The fourth-order valence-electron chi connectivity index (χ4n) is 3.49. The number of fused-ring (bicyclic) bond motifs is 1. The fourth-order valence-corrected chi connectivity index (χ4v) is 3.49. The van der Waals surface area contributed by atoms with E-state index >= 15 is 0 Å². The Balaban J connectivity index is 1.54. The molecule has 2 amide bonds. The molecule has 0 saturated carbocycles. The van der Waals surface area contributed by atoms with Crippen LogP contribution in [0.1, 0.15) is 26.6 Å². The van der Waals surface area contributed by atoms with Crippen LogP contribution < -0.4 is 5.56 Å². The van der Waals surface area contributed by atoms with Gasteiger partial charge in [-0.25, -0.2) is 0 Å².